The molecular weight excluding hydrogens is 406 g/mol. The number of carbonyl (C=O) groups is 2. The molecule has 0 atom stereocenters. The minimum absolute atomic E-state index is 0.0735. The van der Waals surface area contributed by atoms with E-state index in [9.17, 15) is 9.59 Å². The molecule has 4 saturated carbocycles. The molecule has 7 rings (SSSR count). The zero-order valence-corrected chi connectivity index (χ0v) is 18.5. The van der Waals surface area contributed by atoms with E-state index in [2.05, 4.69) is 20.4 Å². The van der Waals surface area contributed by atoms with Crippen LogP contribution in [0, 0.1) is 30.1 Å². The van der Waals surface area contributed by atoms with Crippen LogP contribution in [-0.4, -0.2) is 38.4 Å². The van der Waals surface area contributed by atoms with Gasteiger partial charge >= 0.3 is 0 Å². The highest BCUT2D eigenvalue weighted by molar-refractivity contribution is 5.93. The third-order valence-corrected chi connectivity index (χ3v) is 8.10. The molecule has 3 heterocycles. The van der Waals surface area contributed by atoms with Crippen molar-refractivity contribution >= 4 is 17.6 Å². The van der Waals surface area contributed by atoms with E-state index in [0.717, 1.165) is 29.0 Å². The fraction of sp³-hybridized carbons (Fsp3) is 0.625. The van der Waals surface area contributed by atoms with Crippen LogP contribution in [0.4, 0.5) is 5.82 Å². The summed E-state index contributed by atoms with van der Waals surface area (Å²) in [4.78, 5) is 36.3. The van der Waals surface area contributed by atoms with Crippen LogP contribution < -0.4 is 5.32 Å². The molecule has 4 bridgehead atoms. The highest BCUT2D eigenvalue weighted by Gasteiger charge is 2.51. The molecule has 168 valence electrons. The second-order valence-corrected chi connectivity index (χ2v) is 10.6. The SMILES string of the molecule is Cc1cc(C(=O)N2CCc3c(ncnc3NC(=O)CC34CC5CC(CC(C5)C3)C4)C2)no1. The van der Waals surface area contributed by atoms with Crippen LogP contribution in [0.15, 0.2) is 16.9 Å². The Bertz CT molecular complexity index is 1040. The predicted octanol–water partition coefficient (Wildman–Crippen LogP) is 3.52. The van der Waals surface area contributed by atoms with E-state index in [1.807, 2.05) is 0 Å². The summed E-state index contributed by atoms with van der Waals surface area (Å²) in [5, 5.41) is 6.94. The van der Waals surface area contributed by atoms with Gasteiger partial charge in [-0.15, -0.1) is 0 Å². The van der Waals surface area contributed by atoms with Gasteiger partial charge in [0.1, 0.15) is 17.9 Å². The molecule has 0 aromatic carbocycles. The number of carbonyl (C=O) groups excluding carboxylic acids is 2. The Balaban J connectivity index is 1.15. The fourth-order valence-electron chi connectivity index (χ4n) is 7.29. The quantitative estimate of drug-likeness (QED) is 0.789. The summed E-state index contributed by atoms with van der Waals surface area (Å²) in [6, 6.07) is 1.65. The van der Waals surface area contributed by atoms with Crippen molar-refractivity contribution in [2.75, 3.05) is 11.9 Å². The maximum atomic E-state index is 13.1. The van der Waals surface area contributed by atoms with Gasteiger partial charge in [0.25, 0.3) is 5.91 Å². The number of hydrogen-bond acceptors (Lipinski definition) is 6. The molecule has 2 aromatic rings. The smallest absolute Gasteiger partial charge is 0.276 e. The zero-order chi connectivity index (χ0) is 21.9. The Kier molecular flexibility index (Phi) is 4.59. The summed E-state index contributed by atoms with van der Waals surface area (Å²) in [5.74, 6) is 3.61. The number of fused-ring (bicyclic) bond motifs is 1. The van der Waals surface area contributed by atoms with Crippen molar-refractivity contribution in [2.24, 2.45) is 23.2 Å². The van der Waals surface area contributed by atoms with Crippen molar-refractivity contribution < 1.29 is 14.1 Å². The van der Waals surface area contributed by atoms with Crippen molar-refractivity contribution in [1.29, 1.82) is 0 Å². The first-order valence-corrected chi connectivity index (χ1v) is 11.8. The largest absolute Gasteiger partial charge is 0.361 e. The average Bonchev–Trinajstić information content (AvgIpc) is 3.18. The molecule has 4 aliphatic carbocycles. The minimum Gasteiger partial charge on any atom is -0.361 e. The molecule has 1 N–H and O–H groups in total. The van der Waals surface area contributed by atoms with Crippen LogP contribution in [0.2, 0.25) is 0 Å². The van der Waals surface area contributed by atoms with E-state index in [1.54, 1.807) is 17.9 Å². The highest BCUT2D eigenvalue weighted by Crippen LogP contribution is 2.61. The van der Waals surface area contributed by atoms with Crippen molar-refractivity contribution in [2.45, 2.75) is 64.8 Å². The number of aromatic nitrogens is 3. The molecule has 0 saturated heterocycles. The van der Waals surface area contributed by atoms with Crippen LogP contribution >= 0.6 is 0 Å². The lowest BCUT2D eigenvalue weighted by atomic mass is 9.49. The van der Waals surface area contributed by atoms with Crippen molar-refractivity contribution in [3.8, 4) is 0 Å². The molecule has 32 heavy (non-hydrogen) atoms. The van der Waals surface area contributed by atoms with Gasteiger partial charge in [-0.3, -0.25) is 9.59 Å². The summed E-state index contributed by atoms with van der Waals surface area (Å²) >= 11 is 0. The molecule has 0 spiro atoms. The normalized spacial score (nSPS) is 30.3. The van der Waals surface area contributed by atoms with Crippen LogP contribution in [-0.2, 0) is 17.8 Å². The van der Waals surface area contributed by atoms with Crippen LogP contribution in [0.3, 0.4) is 0 Å². The molecule has 4 fully saturated rings. The van der Waals surface area contributed by atoms with Crippen molar-refractivity contribution in [3.63, 3.8) is 0 Å². The second-order valence-electron chi connectivity index (χ2n) is 10.6. The number of nitrogens with zero attached hydrogens (tertiary/aromatic N) is 4. The van der Waals surface area contributed by atoms with Gasteiger partial charge in [-0.2, -0.15) is 0 Å². The van der Waals surface area contributed by atoms with Gasteiger partial charge in [-0.25, -0.2) is 9.97 Å². The van der Waals surface area contributed by atoms with Gasteiger partial charge in [0, 0.05) is 24.6 Å². The Morgan fingerprint density at radius 1 is 1.16 bits per heavy atom. The Labute approximate surface area is 187 Å². The first kappa shape index (κ1) is 19.9. The monoisotopic (exact) mass is 435 g/mol. The Hall–Kier alpha value is -2.77. The summed E-state index contributed by atoms with van der Waals surface area (Å²) < 4.78 is 5.04. The summed E-state index contributed by atoms with van der Waals surface area (Å²) in [7, 11) is 0. The summed E-state index contributed by atoms with van der Waals surface area (Å²) in [6.45, 7) is 2.67. The molecule has 0 radical (unpaired) electrons. The van der Waals surface area contributed by atoms with Gasteiger partial charge in [0.2, 0.25) is 5.91 Å². The Morgan fingerprint density at radius 2 is 1.88 bits per heavy atom. The molecule has 2 amide bonds. The van der Waals surface area contributed by atoms with Crippen molar-refractivity contribution in [3.05, 3.63) is 35.1 Å². The first-order chi connectivity index (χ1) is 15.5. The van der Waals surface area contributed by atoms with Gasteiger partial charge < -0.3 is 14.7 Å². The van der Waals surface area contributed by atoms with Crippen LogP contribution in [0.25, 0.3) is 0 Å². The fourth-order valence-corrected chi connectivity index (χ4v) is 7.29. The molecule has 1 aliphatic heterocycles. The number of hydrogen-bond donors (Lipinski definition) is 1. The molecule has 0 unspecified atom stereocenters. The second kappa shape index (κ2) is 7.39. The summed E-state index contributed by atoms with van der Waals surface area (Å²) in [5.41, 5.74) is 2.23. The van der Waals surface area contributed by atoms with E-state index in [4.69, 9.17) is 4.52 Å². The molecule has 5 aliphatic rings. The number of nitrogens with one attached hydrogen (secondary N) is 1. The lowest BCUT2D eigenvalue weighted by Crippen LogP contribution is -2.47. The average molecular weight is 436 g/mol. The van der Waals surface area contributed by atoms with Gasteiger partial charge in [0.15, 0.2) is 5.69 Å². The van der Waals surface area contributed by atoms with E-state index in [0.29, 0.717) is 43.2 Å². The van der Waals surface area contributed by atoms with Crippen LogP contribution in [0.1, 0.15) is 72.5 Å². The Morgan fingerprint density at radius 3 is 2.53 bits per heavy atom. The molecule has 8 heteroatoms. The third kappa shape index (κ3) is 3.49. The van der Waals surface area contributed by atoms with E-state index < -0.39 is 0 Å². The highest BCUT2D eigenvalue weighted by atomic mass is 16.5. The van der Waals surface area contributed by atoms with E-state index in [-0.39, 0.29) is 17.2 Å². The number of rotatable bonds is 4. The zero-order valence-electron chi connectivity index (χ0n) is 18.5. The predicted molar refractivity (Wildman–Crippen MR) is 116 cm³/mol. The van der Waals surface area contributed by atoms with Crippen molar-refractivity contribution in [1.82, 2.24) is 20.0 Å². The van der Waals surface area contributed by atoms with Gasteiger partial charge in [-0.1, -0.05) is 5.16 Å². The molecule has 8 nitrogen and oxygen atoms in total. The first-order valence-electron chi connectivity index (χ1n) is 11.8. The molecule has 2 aromatic heterocycles. The lowest BCUT2D eigenvalue weighted by Gasteiger charge is -2.56. The van der Waals surface area contributed by atoms with E-state index >= 15 is 0 Å². The topological polar surface area (TPSA) is 101 Å². The van der Waals surface area contributed by atoms with Gasteiger partial charge in [-0.05, 0) is 75.0 Å². The van der Waals surface area contributed by atoms with Gasteiger partial charge in [0.05, 0.1) is 12.2 Å². The molecular formula is C24H29N5O3. The van der Waals surface area contributed by atoms with Crippen LogP contribution in [0.5, 0.6) is 0 Å². The maximum Gasteiger partial charge on any atom is 0.276 e. The third-order valence-electron chi connectivity index (χ3n) is 8.10. The number of anilines is 1. The lowest BCUT2D eigenvalue weighted by molar-refractivity contribution is -0.124. The number of amides is 2. The standard InChI is InChI=1S/C24H29N5O3/c1-14-4-19(28-32-14)23(31)29-3-2-18-20(12-29)25-13-26-22(18)27-21(30)11-24-8-15-5-16(9-24)7-17(6-15)10-24/h4,13,15-17H,2-3,5-12H2,1H3,(H,25,26,27,30). The minimum atomic E-state index is -0.168. The maximum absolute atomic E-state index is 13.1. The summed E-state index contributed by atoms with van der Waals surface area (Å²) in [6.07, 6.45) is 10.5. The number of aryl methyl sites for hydroxylation is 1. The van der Waals surface area contributed by atoms with E-state index in [1.165, 1.54) is 44.9 Å².